The van der Waals surface area contributed by atoms with Gasteiger partial charge in [-0.1, -0.05) is 43.0 Å². The Morgan fingerprint density at radius 2 is 1.58 bits per heavy atom. The Morgan fingerprint density at radius 1 is 0.917 bits per heavy atom. The van der Waals surface area contributed by atoms with Crippen molar-refractivity contribution < 1.29 is 23.9 Å². The number of carbonyl (C=O) groups excluding carboxylic acids is 3. The topological polar surface area (TPSA) is 84.9 Å². The first-order chi connectivity index (χ1) is 17.4. The number of amides is 4. The van der Waals surface area contributed by atoms with E-state index in [9.17, 15) is 14.4 Å². The molecule has 0 aromatic heterocycles. The van der Waals surface area contributed by atoms with Gasteiger partial charge in [-0.3, -0.25) is 14.9 Å². The van der Waals surface area contributed by atoms with Gasteiger partial charge in [-0.2, -0.15) is 0 Å². The van der Waals surface area contributed by atoms with Crippen molar-refractivity contribution in [2.75, 3.05) is 11.5 Å². The lowest BCUT2D eigenvalue weighted by Crippen LogP contribution is -2.54. The van der Waals surface area contributed by atoms with Gasteiger partial charge in [-0.05, 0) is 85.5 Å². The van der Waals surface area contributed by atoms with Crippen LogP contribution in [0.2, 0.25) is 0 Å². The van der Waals surface area contributed by atoms with Gasteiger partial charge in [0.2, 0.25) is 0 Å². The summed E-state index contributed by atoms with van der Waals surface area (Å²) in [6.45, 7) is 4.32. The number of urea groups is 1. The van der Waals surface area contributed by atoms with Crippen LogP contribution in [0.3, 0.4) is 0 Å². The van der Waals surface area contributed by atoms with Crippen LogP contribution in [0.4, 0.5) is 10.5 Å². The van der Waals surface area contributed by atoms with Crippen molar-refractivity contribution >= 4 is 61.5 Å². The second-order valence-electron chi connectivity index (χ2n) is 7.64. The number of barbiturate groups is 1. The van der Waals surface area contributed by atoms with Crippen LogP contribution in [0.1, 0.15) is 11.1 Å². The number of hydrogen-bond donors (Lipinski definition) is 1. The van der Waals surface area contributed by atoms with Crippen molar-refractivity contribution in [3.8, 4) is 11.5 Å². The van der Waals surface area contributed by atoms with E-state index in [-0.39, 0.29) is 5.57 Å². The molecule has 0 saturated carbocycles. The molecule has 1 aliphatic rings. The summed E-state index contributed by atoms with van der Waals surface area (Å²) >= 11 is 6.87. The van der Waals surface area contributed by atoms with Gasteiger partial charge in [0.25, 0.3) is 11.8 Å². The molecule has 1 fully saturated rings. The Kier molecular flexibility index (Phi) is 8.02. The summed E-state index contributed by atoms with van der Waals surface area (Å²) in [6.07, 6.45) is 3.04. The van der Waals surface area contributed by atoms with Gasteiger partial charge in [-0.25, -0.2) is 9.69 Å². The number of carbonyl (C=O) groups is 3. The second-order valence-corrected chi connectivity index (χ2v) is 9.35. The van der Waals surface area contributed by atoms with Gasteiger partial charge < -0.3 is 9.47 Å². The van der Waals surface area contributed by atoms with Gasteiger partial charge >= 0.3 is 6.03 Å². The molecule has 7 nitrogen and oxygen atoms in total. The van der Waals surface area contributed by atoms with E-state index in [4.69, 9.17) is 9.47 Å². The number of rotatable bonds is 8. The molecule has 0 radical (unpaired) electrons. The Labute approximate surface area is 224 Å². The highest BCUT2D eigenvalue weighted by molar-refractivity contribution is 9.11. The van der Waals surface area contributed by atoms with Gasteiger partial charge in [0, 0.05) is 0 Å². The van der Waals surface area contributed by atoms with Crippen LogP contribution in [-0.4, -0.2) is 24.5 Å². The third-order valence-corrected chi connectivity index (χ3v) is 6.30. The number of nitrogens with zero attached hydrogens (tertiary/aromatic N) is 1. The van der Waals surface area contributed by atoms with Crippen LogP contribution >= 0.6 is 31.9 Å². The Morgan fingerprint density at radius 3 is 2.22 bits per heavy atom. The third-order valence-electron chi connectivity index (χ3n) is 5.12. The highest BCUT2D eigenvalue weighted by Gasteiger charge is 2.36. The number of anilines is 1. The summed E-state index contributed by atoms with van der Waals surface area (Å²) < 4.78 is 12.6. The zero-order valence-electron chi connectivity index (χ0n) is 18.9. The third kappa shape index (κ3) is 5.75. The van der Waals surface area contributed by atoms with Crippen LogP contribution in [0, 0.1) is 0 Å². The van der Waals surface area contributed by atoms with Crippen LogP contribution in [-0.2, 0) is 16.2 Å². The van der Waals surface area contributed by atoms with E-state index >= 15 is 0 Å². The second kappa shape index (κ2) is 11.4. The molecular weight excluding hydrogens is 592 g/mol. The Bertz CT molecular complexity index is 1330. The summed E-state index contributed by atoms with van der Waals surface area (Å²) in [4.78, 5) is 39.2. The van der Waals surface area contributed by atoms with Crippen LogP contribution in [0.25, 0.3) is 6.08 Å². The predicted octanol–water partition coefficient (Wildman–Crippen LogP) is 6.02. The lowest BCUT2D eigenvalue weighted by atomic mass is 10.1. The minimum Gasteiger partial charge on any atom is -0.489 e. The fourth-order valence-corrected chi connectivity index (χ4v) is 4.88. The van der Waals surface area contributed by atoms with Crippen molar-refractivity contribution in [1.29, 1.82) is 0 Å². The maximum absolute atomic E-state index is 13.2. The molecule has 3 aromatic rings. The highest BCUT2D eigenvalue weighted by Crippen LogP contribution is 2.36. The fourth-order valence-electron chi connectivity index (χ4n) is 3.43. The average molecular weight is 612 g/mol. The molecule has 4 amide bonds. The Hall–Kier alpha value is -3.69. The summed E-state index contributed by atoms with van der Waals surface area (Å²) in [5.74, 6) is -0.375. The summed E-state index contributed by atoms with van der Waals surface area (Å²) in [6, 6.07) is 18.8. The first-order valence-corrected chi connectivity index (χ1v) is 12.4. The molecule has 1 aliphatic heterocycles. The quantitative estimate of drug-likeness (QED) is 0.191. The van der Waals surface area contributed by atoms with E-state index < -0.39 is 17.8 Å². The molecule has 36 heavy (non-hydrogen) atoms. The predicted molar refractivity (Wildman–Crippen MR) is 144 cm³/mol. The summed E-state index contributed by atoms with van der Waals surface area (Å²) in [5.41, 5.74) is 1.69. The van der Waals surface area contributed by atoms with E-state index in [1.54, 1.807) is 42.5 Å². The molecule has 1 N–H and O–H groups in total. The minimum absolute atomic E-state index is 0.183. The molecule has 0 aliphatic carbocycles. The Balaban J connectivity index is 1.55. The molecule has 9 heteroatoms. The first-order valence-electron chi connectivity index (χ1n) is 10.8. The number of halogens is 2. The SMILES string of the molecule is C=CCOc1c(Br)cc(/C=C2\C(=O)NC(=O)N(c3ccc(OCc4ccccc4)cc3)C2=O)cc1Br. The number of imide groups is 2. The van der Waals surface area contributed by atoms with E-state index in [2.05, 4.69) is 43.8 Å². The van der Waals surface area contributed by atoms with Crippen LogP contribution in [0.15, 0.2) is 93.9 Å². The van der Waals surface area contributed by atoms with E-state index in [1.165, 1.54) is 6.08 Å². The van der Waals surface area contributed by atoms with Crippen molar-refractivity contribution in [2.24, 2.45) is 0 Å². The highest BCUT2D eigenvalue weighted by atomic mass is 79.9. The lowest BCUT2D eigenvalue weighted by molar-refractivity contribution is -0.122. The molecule has 1 saturated heterocycles. The largest absolute Gasteiger partial charge is 0.489 e. The summed E-state index contributed by atoms with van der Waals surface area (Å²) in [5, 5.41) is 2.23. The molecule has 4 rings (SSSR count). The van der Waals surface area contributed by atoms with E-state index in [0.29, 0.717) is 44.9 Å². The smallest absolute Gasteiger partial charge is 0.335 e. The van der Waals surface area contributed by atoms with Crippen LogP contribution in [0.5, 0.6) is 11.5 Å². The number of ether oxygens (including phenoxy) is 2. The van der Waals surface area contributed by atoms with Gasteiger partial charge in [0.1, 0.15) is 30.3 Å². The molecule has 182 valence electrons. The minimum atomic E-state index is -0.823. The monoisotopic (exact) mass is 610 g/mol. The fraction of sp³-hybridized carbons (Fsp3) is 0.0741. The standard InChI is InChI=1S/C27H20Br2N2O5/c1-2-12-35-24-22(28)14-18(15-23(24)29)13-21-25(32)30-27(34)31(26(21)33)19-8-10-20(11-9-19)36-16-17-6-4-3-5-7-17/h2-11,13-15H,1,12,16H2,(H,30,32,34)/b21-13+. The average Bonchev–Trinajstić information content (AvgIpc) is 2.86. The molecule has 0 unspecified atom stereocenters. The number of benzene rings is 3. The molecular formula is C27H20Br2N2O5. The lowest BCUT2D eigenvalue weighted by Gasteiger charge is -2.26. The van der Waals surface area contributed by atoms with Crippen LogP contribution < -0.4 is 19.7 Å². The van der Waals surface area contributed by atoms with E-state index in [1.807, 2.05) is 30.3 Å². The van der Waals surface area contributed by atoms with Crippen molar-refractivity contribution in [3.63, 3.8) is 0 Å². The molecule has 3 aromatic carbocycles. The zero-order chi connectivity index (χ0) is 25.7. The molecule has 0 spiro atoms. The van der Waals surface area contributed by atoms with E-state index in [0.717, 1.165) is 10.5 Å². The van der Waals surface area contributed by atoms with Crippen molar-refractivity contribution in [2.45, 2.75) is 6.61 Å². The normalized spacial score (nSPS) is 14.6. The first kappa shape index (κ1) is 25.4. The van der Waals surface area contributed by atoms with Gasteiger partial charge in [-0.15, -0.1) is 0 Å². The zero-order valence-corrected chi connectivity index (χ0v) is 22.0. The molecule has 0 atom stereocenters. The van der Waals surface area contributed by atoms with Gasteiger partial charge in [0.15, 0.2) is 0 Å². The number of hydrogen-bond acceptors (Lipinski definition) is 5. The maximum Gasteiger partial charge on any atom is 0.335 e. The molecule has 1 heterocycles. The summed E-state index contributed by atoms with van der Waals surface area (Å²) in [7, 11) is 0. The number of nitrogens with one attached hydrogen (secondary N) is 1. The van der Waals surface area contributed by atoms with Gasteiger partial charge in [0.05, 0.1) is 14.6 Å². The molecule has 0 bridgehead atoms. The van der Waals surface area contributed by atoms with Crippen molar-refractivity contribution in [1.82, 2.24) is 5.32 Å². The van der Waals surface area contributed by atoms with Crippen molar-refractivity contribution in [3.05, 3.63) is 105 Å². The maximum atomic E-state index is 13.2.